The largest absolute Gasteiger partial charge is 0.237 e. The Labute approximate surface area is 133 Å². The average Bonchev–Trinajstić information content (AvgIpc) is 2.92. The number of hydrogen-bond acceptors (Lipinski definition) is 2. The van der Waals surface area contributed by atoms with Gasteiger partial charge in [0.1, 0.15) is 0 Å². The molecule has 3 rings (SSSR count). The predicted octanol–water partition coefficient (Wildman–Crippen LogP) is 4.60. The van der Waals surface area contributed by atoms with Crippen LogP contribution in [0.25, 0.3) is 5.65 Å². The number of halogens is 1. The molecular weight excluding hydrogens is 326 g/mol. The lowest BCUT2D eigenvalue weighted by Crippen LogP contribution is -2.24. The standard InChI is InChI=1S/C17H18BrN3/c1-3-8-17(2,13-6-4-7-14(18)11-13)15-12-16-19-9-5-10-21(16)20-15/h4-7,9-12H,3,8H2,1-2H3. The van der Waals surface area contributed by atoms with Gasteiger partial charge in [0.2, 0.25) is 0 Å². The fourth-order valence-corrected chi connectivity index (χ4v) is 3.25. The number of nitrogens with zero attached hydrogens (tertiary/aromatic N) is 3. The van der Waals surface area contributed by atoms with Crippen LogP contribution in [0.5, 0.6) is 0 Å². The third-order valence-corrected chi connectivity index (χ3v) is 4.51. The van der Waals surface area contributed by atoms with Crippen molar-refractivity contribution in [3.05, 3.63) is 64.5 Å². The van der Waals surface area contributed by atoms with Crippen molar-refractivity contribution in [3.8, 4) is 0 Å². The van der Waals surface area contributed by atoms with Crippen molar-refractivity contribution in [3.63, 3.8) is 0 Å². The van der Waals surface area contributed by atoms with E-state index < -0.39 is 0 Å². The SMILES string of the molecule is CCCC(C)(c1cccc(Br)c1)c1cc2ncccn2n1. The van der Waals surface area contributed by atoms with Gasteiger partial charge >= 0.3 is 0 Å². The summed E-state index contributed by atoms with van der Waals surface area (Å²) in [7, 11) is 0. The second-order valence-electron chi connectivity index (χ2n) is 5.54. The number of hydrogen-bond donors (Lipinski definition) is 0. The van der Waals surface area contributed by atoms with Crippen molar-refractivity contribution in [2.45, 2.75) is 32.1 Å². The molecule has 0 aliphatic carbocycles. The first-order chi connectivity index (χ1) is 10.1. The topological polar surface area (TPSA) is 30.2 Å². The van der Waals surface area contributed by atoms with E-state index in [1.807, 2.05) is 16.8 Å². The first-order valence-corrected chi connectivity index (χ1v) is 8.00. The molecule has 0 spiro atoms. The molecule has 0 bridgehead atoms. The van der Waals surface area contributed by atoms with Crippen molar-refractivity contribution < 1.29 is 0 Å². The van der Waals surface area contributed by atoms with E-state index in [0.717, 1.165) is 28.7 Å². The zero-order valence-corrected chi connectivity index (χ0v) is 13.8. The molecule has 21 heavy (non-hydrogen) atoms. The van der Waals surface area contributed by atoms with Crippen LogP contribution >= 0.6 is 15.9 Å². The Hall–Kier alpha value is -1.68. The molecule has 0 saturated heterocycles. The first kappa shape index (κ1) is 14.3. The van der Waals surface area contributed by atoms with Gasteiger partial charge in [-0.1, -0.05) is 41.4 Å². The summed E-state index contributed by atoms with van der Waals surface area (Å²) in [5, 5.41) is 4.75. The minimum absolute atomic E-state index is 0.105. The Morgan fingerprint density at radius 1 is 1.24 bits per heavy atom. The highest BCUT2D eigenvalue weighted by Gasteiger charge is 2.31. The summed E-state index contributed by atoms with van der Waals surface area (Å²) in [6, 6.07) is 12.5. The number of rotatable bonds is 4. The van der Waals surface area contributed by atoms with Crippen molar-refractivity contribution in [2.24, 2.45) is 0 Å². The van der Waals surface area contributed by atoms with E-state index in [-0.39, 0.29) is 5.41 Å². The van der Waals surface area contributed by atoms with Gasteiger partial charge in [-0.2, -0.15) is 5.10 Å². The first-order valence-electron chi connectivity index (χ1n) is 7.20. The van der Waals surface area contributed by atoms with Crippen LogP contribution in [0, 0.1) is 0 Å². The summed E-state index contributed by atoms with van der Waals surface area (Å²) in [5.41, 5.74) is 3.14. The van der Waals surface area contributed by atoms with E-state index in [1.165, 1.54) is 5.56 Å². The van der Waals surface area contributed by atoms with Crippen LogP contribution in [-0.2, 0) is 5.41 Å². The van der Waals surface area contributed by atoms with Crippen LogP contribution in [0.2, 0.25) is 0 Å². The second kappa shape index (κ2) is 5.60. The average molecular weight is 344 g/mol. The molecule has 2 aromatic heterocycles. The molecule has 0 amide bonds. The van der Waals surface area contributed by atoms with Crippen LogP contribution in [0.3, 0.4) is 0 Å². The summed E-state index contributed by atoms with van der Waals surface area (Å²) in [4.78, 5) is 4.38. The number of fused-ring (bicyclic) bond motifs is 1. The minimum atomic E-state index is -0.105. The van der Waals surface area contributed by atoms with E-state index >= 15 is 0 Å². The number of aromatic nitrogens is 3. The molecular formula is C17H18BrN3. The monoisotopic (exact) mass is 343 g/mol. The van der Waals surface area contributed by atoms with Crippen molar-refractivity contribution in [1.29, 1.82) is 0 Å². The molecule has 0 N–H and O–H groups in total. The van der Waals surface area contributed by atoms with Gasteiger partial charge in [0, 0.05) is 28.3 Å². The quantitative estimate of drug-likeness (QED) is 0.693. The van der Waals surface area contributed by atoms with E-state index in [0.29, 0.717) is 0 Å². The zero-order chi connectivity index (χ0) is 14.9. The predicted molar refractivity (Wildman–Crippen MR) is 88.5 cm³/mol. The van der Waals surface area contributed by atoms with Crippen molar-refractivity contribution in [1.82, 2.24) is 14.6 Å². The Kier molecular flexibility index (Phi) is 3.81. The number of benzene rings is 1. The van der Waals surface area contributed by atoms with Crippen LogP contribution in [-0.4, -0.2) is 14.6 Å². The van der Waals surface area contributed by atoms with Gasteiger partial charge in [-0.25, -0.2) is 9.50 Å². The van der Waals surface area contributed by atoms with E-state index in [9.17, 15) is 0 Å². The van der Waals surface area contributed by atoms with Crippen molar-refractivity contribution in [2.75, 3.05) is 0 Å². The molecule has 1 aromatic carbocycles. The molecule has 0 aliphatic heterocycles. The van der Waals surface area contributed by atoms with E-state index in [4.69, 9.17) is 5.10 Å². The molecule has 108 valence electrons. The smallest absolute Gasteiger partial charge is 0.155 e. The van der Waals surface area contributed by atoms with Crippen LogP contribution in [0.4, 0.5) is 0 Å². The summed E-state index contributed by atoms with van der Waals surface area (Å²) in [6.45, 7) is 4.48. The lowest BCUT2D eigenvalue weighted by Gasteiger charge is -2.28. The molecule has 0 fully saturated rings. The summed E-state index contributed by atoms with van der Waals surface area (Å²) >= 11 is 3.57. The summed E-state index contributed by atoms with van der Waals surface area (Å²) in [5.74, 6) is 0. The Morgan fingerprint density at radius 2 is 2.10 bits per heavy atom. The molecule has 1 atom stereocenters. The van der Waals surface area contributed by atoms with Gasteiger partial charge in [0.05, 0.1) is 5.69 Å². The third kappa shape index (κ3) is 2.60. The Bertz CT molecular complexity index is 732. The highest BCUT2D eigenvalue weighted by Crippen LogP contribution is 2.36. The van der Waals surface area contributed by atoms with Crippen LogP contribution in [0.1, 0.15) is 37.9 Å². The van der Waals surface area contributed by atoms with Gasteiger partial charge in [-0.3, -0.25) is 0 Å². The maximum atomic E-state index is 4.75. The normalized spacial score (nSPS) is 14.2. The highest BCUT2D eigenvalue weighted by molar-refractivity contribution is 9.10. The van der Waals surface area contributed by atoms with Crippen LogP contribution in [0.15, 0.2) is 53.3 Å². The molecule has 0 radical (unpaired) electrons. The van der Waals surface area contributed by atoms with Gasteiger partial charge in [-0.15, -0.1) is 0 Å². The maximum Gasteiger partial charge on any atom is 0.155 e. The molecule has 2 heterocycles. The van der Waals surface area contributed by atoms with Crippen molar-refractivity contribution >= 4 is 21.6 Å². The molecule has 0 aliphatic rings. The fraction of sp³-hybridized carbons (Fsp3) is 0.294. The molecule has 0 saturated carbocycles. The third-order valence-electron chi connectivity index (χ3n) is 4.01. The summed E-state index contributed by atoms with van der Waals surface area (Å²) < 4.78 is 2.95. The van der Waals surface area contributed by atoms with Gasteiger partial charge in [-0.05, 0) is 37.1 Å². The van der Waals surface area contributed by atoms with Gasteiger partial charge in [0.25, 0.3) is 0 Å². The second-order valence-corrected chi connectivity index (χ2v) is 6.46. The lowest BCUT2D eigenvalue weighted by atomic mass is 9.76. The highest BCUT2D eigenvalue weighted by atomic mass is 79.9. The molecule has 4 heteroatoms. The fourth-order valence-electron chi connectivity index (χ4n) is 2.85. The zero-order valence-electron chi connectivity index (χ0n) is 12.3. The molecule has 1 unspecified atom stereocenters. The van der Waals surface area contributed by atoms with E-state index in [1.54, 1.807) is 6.20 Å². The Balaban J connectivity index is 2.15. The van der Waals surface area contributed by atoms with Crippen LogP contribution < -0.4 is 0 Å². The summed E-state index contributed by atoms with van der Waals surface area (Å²) in [6.07, 6.45) is 5.90. The molecule has 3 nitrogen and oxygen atoms in total. The van der Waals surface area contributed by atoms with E-state index in [2.05, 4.69) is 65.1 Å². The van der Waals surface area contributed by atoms with Gasteiger partial charge < -0.3 is 0 Å². The minimum Gasteiger partial charge on any atom is -0.237 e. The molecule has 3 aromatic rings. The lowest BCUT2D eigenvalue weighted by molar-refractivity contribution is 0.494. The van der Waals surface area contributed by atoms with Gasteiger partial charge in [0.15, 0.2) is 5.65 Å². The Morgan fingerprint density at radius 3 is 2.81 bits per heavy atom. The maximum absolute atomic E-state index is 4.75.